The average Bonchev–Trinajstić information content (AvgIpc) is 2.98. The number of aromatic nitrogens is 1. The average molecular weight is 226 g/mol. The third-order valence-corrected chi connectivity index (χ3v) is 4.09. The molecule has 1 heterocycles. The Morgan fingerprint density at radius 2 is 2.40 bits per heavy atom. The smallest absolute Gasteiger partial charge is 0.0798 e. The van der Waals surface area contributed by atoms with Crippen LogP contribution >= 0.6 is 11.3 Å². The van der Waals surface area contributed by atoms with E-state index in [-0.39, 0.29) is 6.10 Å². The molecular formula is C11H18N2OS. The number of rotatable bonds is 5. The quantitative estimate of drug-likeness (QED) is 0.805. The van der Waals surface area contributed by atoms with Gasteiger partial charge in [0, 0.05) is 17.5 Å². The molecule has 1 aliphatic rings. The lowest BCUT2D eigenvalue weighted by Crippen LogP contribution is -2.30. The molecule has 1 aromatic heterocycles. The Morgan fingerprint density at radius 3 is 2.93 bits per heavy atom. The van der Waals surface area contributed by atoms with Crippen LogP contribution in [0.3, 0.4) is 0 Å². The molecule has 0 saturated heterocycles. The lowest BCUT2D eigenvalue weighted by Gasteiger charge is -2.16. The van der Waals surface area contributed by atoms with Crippen LogP contribution in [0.4, 0.5) is 0 Å². The minimum atomic E-state index is -0.166. The second-order valence-corrected chi connectivity index (χ2v) is 5.22. The van der Waals surface area contributed by atoms with Gasteiger partial charge in [0.25, 0.3) is 0 Å². The minimum absolute atomic E-state index is 0.166. The van der Waals surface area contributed by atoms with Crippen LogP contribution in [0.25, 0.3) is 0 Å². The van der Waals surface area contributed by atoms with E-state index in [0.717, 1.165) is 5.69 Å². The summed E-state index contributed by atoms with van der Waals surface area (Å²) in [5, 5.41) is 13.1. The van der Waals surface area contributed by atoms with Crippen LogP contribution in [0.5, 0.6) is 0 Å². The summed E-state index contributed by atoms with van der Waals surface area (Å²) >= 11 is 1.68. The topological polar surface area (TPSA) is 45.2 Å². The Labute approximate surface area is 94.5 Å². The number of aliphatic hydroxyl groups is 1. The van der Waals surface area contributed by atoms with Crippen LogP contribution < -0.4 is 5.32 Å². The number of hydrogen-bond donors (Lipinski definition) is 2. The van der Waals surface area contributed by atoms with Crippen molar-refractivity contribution in [3.63, 3.8) is 0 Å². The molecule has 1 saturated carbocycles. The predicted molar refractivity (Wildman–Crippen MR) is 62.0 cm³/mol. The molecule has 84 valence electrons. The van der Waals surface area contributed by atoms with Crippen LogP contribution in [0.1, 0.15) is 36.4 Å². The SMILES string of the molecule is Cc1ncsc1C(C)NCC(O)C1CC1. The number of aliphatic hydroxyl groups excluding tert-OH is 1. The Bertz CT molecular complexity index is 322. The van der Waals surface area contributed by atoms with Crippen molar-refractivity contribution < 1.29 is 5.11 Å². The number of aryl methyl sites for hydroxylation is 1. The molecule has 0 amide bonds. The number of thiazole rings is 1. The molecule has 0 aliphatic heterocycles. The highest BCUT2D eigenvalue weighted by atomic mass is 32.1. The van der Waals surface area contributed by atoms with Crippen LogP contribution in [0.15, 0.2) is 5.51 Å². The highest BCUT2D eigenvalue weighted by Crippen LogP contribution is 2.32. The molecule has 0 aromatic carbocycles. The molecular weight excluding hydrogens is 208 g/mol. The standard InChI is InChI=1S/C11H18N2OS/c1-7(11-8(2)13-6-15-11)12-5-10(14)9-3-4-9/h6-7,9-10,12,14H,3-5H2,1-2H3. The van der Waals surface area contributed by atoms with Gasteiger partial charge in [0.1, 0.15) is 0 Å². The van der Waals surface area contributed by atoms with Crippen LogP contribution in [-0.4, -0.2) is 22.7 Å². The van der Waals surface area contributed by atoms with Gasteiger partial charge in [-0.25, -0.2) is 4.98 Å². The fraction of sp³-hybridized carbons (Fsp3) is 0.727. The molecule has 1 fully saturated rings. The normalized spacial score (nSPS) is 20.2. The molecule has 2 N–H and O–H groups in total. The Balaban J connectivity index is 1.81. The van der Waals surface area contributed by atoms with Gasteiger partial charge in [0.15, 0.2) is 0 Å². The van der Waals surface area contributed by atoms with E-state index in [1.54, 1.807) is 11.3 Å². The monoisotopic (exact) mass is 226 g/mol. The summed E-state index contributed by atoms with van der Waals surface area (Å²) in [6.45, 7) is 4.85. The molecule has 0 bridgehead atoms. The lowest BCUT2D eigenvalue weighted by atomic mass is 10.2. The summed E-state index contributed by atoms with van der Waals surface area (Å²) in [6.07, 6.45) is 2.22. The maximum atomic E-state index is 9.73. The fourth-order valence-corrected chi connectivity index (χ4v) is 2.60. The van der Waals surface area contributed by atoms with Crippen molar-refractivity contribution in [2.75, 3.05) is 6.54 Å². The predicted octanol–water partition coefficient (Wildman–Crippen LogP) is 1.87. The molecule has 0 spiro atoms. The van der Waals surface area contributed by atoms with E-state index in [9.17, 15) is 5.11 Å². The zero-order valence-electron chi connectivity index (χ0n) is 9.23. The van der Waals surface area contributed by atoms with Gasteiger partial charge in [0.05, 0.1) is 17.3 Å². The molecule has 0 radical (unpaired) electrons. The van der Waals surface area contributed by atoms with Crippen LogP contribution in [0.2, 0.25) is 0 Å². The van der Waals surface area contributed by atoms with Gasteiger partial charge < -0.3 is 10.4 Å². The van der Waals surface area contributed by atoms with Gasteiger partial charge in [-0.05, 0) is 32.6 Å². The molecule has 1 aliphatic carbocycles. The zero-order valence-corrected chi connectivity index (χ0v) is 10.0. The van der Waals surface area contributed by atoms with Gasteiger partial charge in [-0.3, -0.25) is 0 Å². The summed E-state index contributed by atoms with van der Waals surface area (Å²) in [5.74, 6) is 0.548. The maximum Gasteiger partial charge on any atom is 0.0798 e. The van der Waals surface area contributed by atoms with Crippen molar-refractivity contribution in [3.05, 3.63) is 16.1 Å². The van der Waals surface area contributed by atoms with Gasteiger partial charge in [-0.15, -0.1) is 11.3 Å². The van der Waals surface area contributed by atoms with Crippen molar-refractivity contribution >= 4 is 11.3 Å². The first-order chi connectivity index (χ1) is 7.18. The molecule has 2 rings (SSSR count). The summed E-state index contributed by atoms with van der Waals surface area (Å²) in [6, 6.07) is 0.297. The van der Waals surface area contributed by atoms with E-state index in [2.05, 4.69) is 17.2 Å². The van der Waals surface area contributed by atoms with Crippen molar-refractivity contribution in [1.29, 1.82) is 0 Å². The first-order valence-corrected chi connectivity index (χ1v) is 6.38. The number of hydrogen-bond acceptors (Lipinski definition) is 4. The molecule has 2 atom stereocenters. The van der Waals surface area contributed by atoms with Gasteiger partial charge in [0.2, 0.25) is 0 Å². The van der Waals surface area contributed by atoms with E-state index in [1.165, 1.54) is 17.7 Å². The van der Waals surface area contributed by atoms with Crippen LogP contribution in [-0.2, 0) is 0 Å². The minimum Gasteiger partial charge on any atom is -0.392 e. The van der Waals surface area contributed by atoms with E-state index in [1.807, 2.05) is 12.4 Å². The van der Waals surface area contributed by atoms with Crippen molar-refractivity contribution in [1.82, 2.24) is 10.3 Å². The fourth-order valence-electron chi connectivity index (χ4n) is 1.76. The largest absolute Gasteiger partial charge is 0.392 e. The number of nitrogens with zero attached hydrogens (tertiary/aromatic N) is 1. The Morgan fingerprint density at radius 1 is 1.67 bits per heavy atom. The zero-order chi connectivity index (χ0) is 10.8. The first-order valence-electron chi connectivity index (χ1n) is 5.50. The lowest BCUT2D eigenvalue weighted by molar-refractivity contribution is 0.145. The summed E-state index contributed by atoms with van der Waals surface area (Å²) in [4.78, 5) is 5.50. The van der Waals surface area contributed by atoms with Crippen molar-refractivity contribution in [3.8, 4) is 0 Å². The number of nitrogens with one attached hydrogen (secondary N) is 1. The van der Waals surface area contributed by atoms with Gasteiger partial charge in [-0.1, -0.05) is 0 Å². The van der Waals surface area contributed by atoms with E-state index in [4.69, 9.17) is 0 Å². The first kappa shape index (κ1) is 11.0. The second-order valence-electron chi connectivity index (χ2n) is 4.34. The third-order valence-electron chi connectivity index (χ3n) is 2.98. The van der Waals surface area contributed by atoms with Gasteiger partial charge >= 0.3 is 0 Å². The maximum absolute atomic E-state index is 9.73. The molecule has 1 aromatic rings. The molecule has 3 nitrogen and oxygen atoms in total. The summed E-state index contributed by atoms with van der Waals surface area (Å²) < 4.78 is 0. The van der Waals surface area contributed by atoms with E-state index in [0.29, 0.717) is 18.5 Å². The highest BCUT2D eigenvalue weighted by Gasteiger charge is 2.29. The third kappa shape index (κ3) is 2.77. The van der Waals surface area contributed by atoms with Crippen molar-refractivity contribution in [2.45, 2.75) is 38.8 Å². The Hall–Kier alpha value is -0.450. The summed E-state index contributed by atoms with van der Waals surface area (Å²) in [7, 11) is 0. The second kappa shape index (κ2) is 4.60. The van der Waals surface area contributed by atoms with E-state index >= 15 is 0 Å². The van der Waals surface area contributed by atoms with Crippen molar-refractivity contribution in [2.24, 2.45) is 5.92 Å². The molecule has 4 heteroatoms. The molecule has 15 heavy (non-hydrogen) atoms. The van der Waals surface area contributed by atoms with E-state index < -0.39 is 0 Å². The summed E-state index contributed by atoms with van der Waals surface area (Å²) in [5.41, 5.74) is 2.97. The molecule has 2 unspecified atom stereocenters. The highest BCUT2D eigenvalue weighted by molar-refractivity contribution is 7.09. The van der Waals surface area contributed by atoms with Crippen LogP contribution in [0, 0.1) is 12.8 Å². The van der Waals surface area contributed by atoms with Gasteiger partial charge in [-0.2, -0.15) is 0 Å². The Kier molecular flexibility index (Phi) is 3.38.